The molecule has 0 bridgehead atoms. The van der Waals surface area contributed by atoms with Gasteiger partial charge in [-0.05, 0) is 55.2 Å². The second kappa shape index (κ2) is 7.36. The molecular weight excluding hydrogens is 357 g/mol. The van der Waals surface area contributed by atoms with Gasteiger partial charge in [-0.1, -0.05) is 12.1 Å². The summed E-state index contributed by atoms with van der Waals surface area (Å²) in [6, 6.07) is 6.92. The van der Waals surface area contributed by atoms with Crippen molar-refractivity contribution in [1.82, 2.24) is 14.5 Å². The molecule has 3 atom stereocenters. The second-order valence-electron chi connectivity index (χ2n) is 7.93. The van der Waals surface area contributed by atoms with Crippen molar-refractivity contribution >= 4 is 5.95 Å². The standard InChI is InChI=1S/C21H24FN5O/c1-13-17(20(28)26(2)21(25-13)24-12-23)7-8-27-10-15-9-18(19(15)11-27)14-3-5-16(22)6-4-14/h3-6,15,18-19H,7-11H2,1-2H3,(H,24,25). The van der Waals surface area contributed by atoms with E-state index < -0.39 is 0 Å². The van der Waals surface area contributed by atoms with E-state index in [4.69, 9.17) is 5.26 Å². The van der Waals surface area contributed by atoms with Gasteiger partial charge in [0.15, 0.2) is 6.19 Å². The monoisotopic (exact) mass is 381 g/mol. The van der Waals surface area contributed by atoms with Crippen molar-refractivity contribution in [1.29, 1.82) is 5.26 Å². The van der Waals surface area contributed by atoms with Crippen LogP contribution >= 0.6 is 0 Å². The number of anilines is 1. The van der Waals surface area contributed by atoms with Gasteiger partial charge in [-0.2, -0.15) is 5.26 Å². The SMILES string of the molecule is Cc1nc(NC#N)n(C)c(=O)c1CCN1CC2CC(c3ccc(F)cc3)C2C1. The normalized spacial score (nSPS) is 23.7. The van der Waals surface area contributed by atoms with E-state index in [-0.39, 0.29) is 17.3 Å². The summed E-state index contributed by atoms with van der Waals surface area (Å²) in [5, 5.41) is 11.2. The summed E-state index contributed by atoms with van der Waals surface area (Å²) in [5.41, 5.74) is 2.52. The van der Waals surface area contributed by atoms with Crippen molar-refractivity contribution in [3.63, 3.8) is 0 Å². The fraction of sp³-hybridized carbons (Fsp3) is 0.476. The van der Waals surface area contributed by atoms with Crippen LogP contribution in [0.3, 0.4) is 0 Å². The topological polar surface area (TPSA) is 74.0 Å². The molecule has 2 heterocycles. The first kappa shape index (κ1) is 18.6. The highest BCUT2D eigenvalue weighted by Gasteiger charge is 2.47. The van der Waals surface area contributed by atoms with Gasteiger partial charge in [0.25, 0.3) is 5.56 Å². The van der Waals surface area contributed by atoms with Crippen molar-refractivity contribution in [2.75, 3.05) is 25.0 Å². The van der Waals surface area contributed by atoms with Crippen LogP contribution in [0.1, 0.15) is 29.2 Å². The van der Waals surface area contributed by atoms with E-state index in [0.717, 1.165) is 26.1 Å². The fourth-order valence-corrected chi connectivity index (χ4v) is 4.75. The van der Waals surface area contributed by atoms with Gasteiger partial charge in [-0.3, -0.25) is 14.7 Å². The summed E-state index contributed by atoms with van der Waals surface area (Å²) in [4.78, 5) is 19.4. The van der Waals surface area contributed by atoms with Crippen molar-refractivity contribution in [3.05, 3.63) is 57.3 Å². The molecule has 146 valence electrons. The first-order valence-corrected chi connectivity index (χ1v) is 9.67. The minimum Gasteiger partial charge on any atom is -0.302 e. The van der Waals surface area contributed by atoms with Gasteiger partial charge in [0.05, 0.1) is 5.69 Å². The highest BCUT2D eigenvalue weighted by molar-refractivity contribution is 5.35. The lowest BCUT2D eigenvalue weighted by atomic mass is 9.64. The number of nitrogens with zero attached hydrogens (tertiary/aromatic N) is 4. The highest BCUT2D eigenvalue weighted by Crippen LogP contribution is 2.51. The average Bonchev–Trinajstić information content (AvgIpc) is 2.97. The number of aryl methyl sites for hydroxylation is 1. The maximum Gasteiger partial charge on any atom is 0.258 e. The quantitative estimate of drug-likeness (QED) is 0.636. The third-order valence-electron chi connectivity index (χ3n) is 6.38. The molecule has 2 fully saturated rings. The van der Waals surface area contributed by atoms with Crippen LogP contribution in [0, 0.1) is 36.0 Å². The summed E-state index contributed by atoms with van der Waals surface area (Å²) >= 11 is 0. The van der Waals surface area contributed by atoms with E-state index in [1.54, 1.807) is 19.2 Å². The lowest BCUT2D eigenvalue weighted by Gasteiger charge is -2.40. The lowest BCUT2D eigenvalue weighted by molar-refractivity contribution is 0.191. The Morgan fingerprint density at radius 1 is 1.32 bits per heavy atom. The molecule has 1 aliphatic carbocycles. The van der Waals surface area contributed by atoms with Crippen LogP contribution in [0.25, 0.3) is 0 Å². The molecule has 1 N–H and O–H groups in total. The van der Waals surface area contributed by atoms with E-state index >= 15 is 0 Å². The van der Waals surface area contributed by atoms with Crippen LogP contribution in [-0.4, -0.2) is 34.1 Å². The molecule has 0 amide bonds. The Kier molecular flexibility index (Phi) is 4.90. The molecule has 1 saturated heterocycles. The van der Waals surface area contributed by atoms with Crippen LogP contribution in [-0.2, 0) is 13.5 Å². The maximum atomic E-state index is 13.2. The molecule has 7 heteroatoms. The zero-order valence-corrected chi connectivity index (χ0v) is 16.2. The van der Waals surface area contributed by atoms with E-state index in [1.807, 2.05) is 25.2 Å². The van der Waals surface area contributed by atoms with Gasteiger partial charge in [-0.15, -0.1) is 0 Å². The predicted molar refractivity (Wildman–Crippen MR) is 104 cm³/mol. The molecule has 1 aliphatic heterocycles. The molecule has 2 aliphatic rings. The van der Waals surface area contributed by atoms with Crippen LogP contribution in [0.5, 0.6) is 0 Å². The van der Waals surface area contributed by atoms with E-state index in [0.29, 0.717) is 35.4 Å². The van der Waals surface area contributed by atoms with E-state index in [1.165, 1.54) is 10.1 Å². The molecule has 4 rings (SSSR count). The van der Waals surface area contributed by atoms with Gasteiger partial charge in [0.1, 0.15) is 5.82 Å². The van der Waals surface area contributed by atoms with Gasteiger partial charge >= 0.3 is 0 Å². The van der Waals surface area contributed by atoms with Crippen LogP contribution in [0.4, 0.5) is 10.3 Å². The van der Waals surface area contributed by atoms with Crippen molar-refractivity contribution in [2.45, 2.75) is 25.7 Å². The largest absolute Gasteiger partial charge is 0.302 e. The molecule has 2 aromatic rings. The van der Waals surface area contributed by atoms with Crippen LogP contribution in [0.15, 0.2) is 29.1 Å². The summed E-state index contributed by atoms with van der Waals surface area (Å²) < 4.78 is 14.6. The maximum absolute atomic E-state index is 13.2. The molecule has 1 aromatic heterocycles. The Labute approximate surface area is 163 Å². The van der Waals surface area contributed by atoms with Gasteiger partial charge < -0.3 is 4.90 Å². The fourth-order valence-electron chi connectivity index (χ4n) is 4.75. The van der Waals surface area contributed by atoms with Crippen molar-refractivity contribution in [3.8, 4) is 6.19 Å². The minimum absolute atomic E-state index is 0.100. The Balaban J connectivity index is 1.40. The molecule has 6 nitrogen and oxygen atoms in total. The Morgan fingerprint density at radius 3 is 2.79 bits per heavy atom. The molecular formula is C21H24FN5O. The number of hydrogen-bond acceptors (Lipinski definition) is 5. The second-order valence-corrected chi connectivity index (χ2v) is 7.93. The highest BCUT2D eigenvalue weighted by atomic mass is 19.1. The number of aromatic nitrogens is 2. The Bertz CT molecular complexity index is 978. The number of nitriles is 1. The zero-order chi connectivity index (χ0) is 19.8. The van der Waals surface area contributed by atoms with Crippen molar-refractivity contribution < 1.29 is 4.39 Å². The molecule has 28 heavy (non-hydrogen) atoms. The first-order valence-electron chi connectivity index (χ1n) is 9.67. The third kappa shape index (κ3) is 3.29. The summed E-state index contributed by atoms with van der Waals surface area (Å²) in [5.74, 6) is 1.92. The predicted octanol–water partition coefficient (Wildman–Crippen LogP) is 2.40. The average molecular weight is 381 g/mol. The Morgan fingerprint density at radius 2 is 2.07 bits per heavy atom. The number of benzene rings is 1. The number of nitrogens with one attached hydrogen (secondary N) is 1. The van der Waals surface area contributed by atoms with Gasteiger partial charge in [-0.25, -0.2) is 9.37 Å². The smallest absolute Gasteiger partial charge is 0.258 e. The molecule has 3 unspecified atom stereocenters. The first-order chi connectivity index (χ1) is 13.5. The van der Waals surface area contributed by atoms with Gasteiger partial charge in [0.2, 0.25) is 5.95 Å². The molecule has 1 saturated carbocycles. The third-order valence-corrected chi connectivity index (χ3v) is 6.38. The number of halogens is 1. The molecule has 0 spiro atoms. The lowest BCUT2D eigenvalue weighted by Crippen LogP contribution is -2.33. The summed E-state index contributed by atoms with van der Waals surface area (Å²) in [6.07, 6.45) is 3.62. The Hall–Kier alpha value is -2.72. The number of fused-ring (bicyclic) bond motifs is 1. The van der Waals surface area contributed by atoms with Crippen LogP contribution in [0.2, 0.25) is 0 Å². The number of hydrogen-bond donors (Lipinski definition) is 1. The number of rotatable bonds is 5. The van der Waals surface area contributed by atoms with E-state index in [2.05, 4.69) is 15.2 Å². The van der Waals surface area contributed by atoms with Gasteiger partial charge in [0, 0.05) is 32.2 Å². The minimum atomic E-state index is -0.186. The van der Waals surface area contributed by atoms with Crippen molar-refractivity contribution in [2.24, 2.45) is 18.9 Å². The summed E-state index contributed by atoms with van der Waals surface area (Å²) in [7, 11) is 1.63. The summed E-state index contributed by atoms with van der Waals surface area (Å²) in [6.45, 7) is 4.72. The molecule has 0 radical (unpaired) electrons. The van der Waals surface area contributed by atoms with E-state index in [9.17, 15) is 9.18 Å². The zero-order valence-electron chi connectivity index (χ0n) is 16.2. The number of likely N-dealkylation sites (tertiary alicyclic amines) is 1. The molecule has 1 aromatic carbocycles. The van der Waals surface area contributed by atoms with Crippen LogP contribution < -0.4 is 10.9 Å².